The minimum absolute atomic E-state index is 0.269. The Morgan fingerprint density at radius 1 is 1.05 bits per heavy atom. The summed E-state index contributed by atoms with van der Waals surface area (Å²) < 4.78 is 11.7. The van der Waals surface area contributed by atoms with Crippen LogP contribution in [-0.2, 0) is 0 Å². The summed E-state index contributed by atoms with van der Waals surface area (Å²) in [5.41, 5.74) is 3.03. The van der Waals surface area contributed by atoms with E-state index in [0.29, 0.717) is 40.9 Å². The molecule has 0 saturated carbocycles. The molecule has 1 aliphatic rings. The van der Waals surface area contributed by atoms with Gasteiger partial charge in [-0.2, -0.15) is 0 Å². The molecule has 0 radical (unpaired) electrons. The first-order chi connectivity index (χ1) is 17.9. The Kier molecular flexibility index (Phi) is 6.81. The fourth-order valence-electron chi connectivity index (χ4n) is 4.76. The number of amides is 1. The Bertz CT molecular complexity index is 1440. The lowest BCUT2D eigenvalue weighted by Crippen LogP contribution is -2.36. The number of pyridine rings is 1. The van der Waals surface area contributed by atoms with Gasteiger partial charge in [-0.1, -0.05) is 24.3 Å². The van der Waals surface area contributed by atoms with Crippen LogP contribution in [-0.4, -0.2) is 41.7 Å². The van der Waals surface area contributed by atoms with Crippen molar-refractivity contribution < 1.29 is 23.8 Å². The van der Waals surface area contributed by atoms with E-state index in [0.717, 1.165) is 42.7 Å². The van der Waals surface area contributed by atoms with Crippen molar-refractivity contribution in [3.05, 3.63) is 83.2 Å². The van der Waals surface area contributed by atoms with Gasteiger partial charge in [-0.25, -0.2) is 9.78 Å². The molecule has 1 saturated heterocycles. The van der Waals surface area contributed by atoms with Gasteiger partial charge in [0.05, 0.1) is 24.1 Å². The number of aromatic carboxylic acids is 1. The lowest BCUT2D eigenvalue weighted by Gasteiger charge is -2.32. The first-order valence-corrected chi connectivity index (χ1v) is 12.4. The molecule has 0 atom stereocenters. The largest absolute Gasteiger partial charge is 0.493 e. The molecule has 0 aliphatic carbocycles. The maximum atomic E-state index is 12.8. The van der Waals surface area contributed by atoms with E-state index in [1.54, 1.807) is 25.3 Å². The van der Waals surface area contributed by atoms with E-state index in [2.05, 4.69) is 15.2 Å². The van der Waals surface area contributed by atoms with E-state index in [1.165, 1.54) is 0 Å². The molecule has 0 spiro atoms. The number of fused-ring (bicyclic) bond motifs is 1. The van der Waals surface area contributed by atoms with Gasteiger partial charge in [0.15, 0.2) is 5.76 Å². The van der Waals surface area contributed by atoms with E-state index >= 15 is 0 Å². The first-order valence-electron chi connectivity index (χ1n) is 12.4. The number of hydrogen-bond acceptors (Lipinski definition) is 6. The molecular weight excluding hydrogens is 470 g/mol. The number of anilines is 2. The molecule has 2 aromatic heterocycles. The number of carbonyl (C=O) groups excluding carboxylic acids is 1. The SMILES string of the molecule is Cc1c(OCC2CCN(c3ccc(NC(=O)c4oc5ccccc5c4C)cn3)CC2)cccc1C(=O)O. The molecule has 0 bridgehead atoms. The third-order valence-electron chi connectivity index (χ3n) is 6.98. The van der Waals surface area contributed by atoms with E-state index in [1.807, 2.05) is 49.4 Å². The second-order valence-electron chi connectivity index (χ2n) is 9.39. The number of nitrogens with one attached hydrogen (secondary N) is 1. The second kappa shape index (κ2) is 10.3. The van der Waals surface area contributed by atoms with Crippen molar-refractivity contribution in [2.75, 3.05) is 29.9 Å². The van der Waals surface area contributed by atoms with Crippen molar-refractivity contribution in [1.29, 1.82) is 0 Å². The Labute approximate surface area is 214 Å². The highest BCUT2D eigenvalue weighted by atomic mass is 16.5. The zero-order valence-corrected chi connectivity index (χ0v) is 20.9. The van der Waals surface area contributed by atoms with Crippen molar-refractivity contribution in [2.24, 2.45) is 5.92 Å². The third-order valence-corrected chi connectivity index (χ3v) is 6.98. The molecule has 8 nitrogen and oxygen atoms in total. The molecule has 2 aromatic carbocycles. The van der Waals surface area contributed by atoms with Gasteiger partial charge < -0.3 is 24.5 Å². The summed E-state index contributed by atoms with van der Waals surface area (Å²) in [6.07, 6.45) is 3.56. The van der Waals surface area contributed by atoms with Gasteiger partial charge in [0.25, 0.3) is 5.91 Å². The molecule has 0 unspecified atom stereocenters. The van der Waals surface area contributed by atoms with Crippen molar-refractivity contribution in [3.8, 4) is 5.75 Å². The highest BCUT2D eigenvalue weighted by molar-refractivity contribution is 6.06. The second-order valence-corrected chi connectivity index (χ2v) is 9.39. The molecule has 4 aromatic rings. The van der Waals surface area contributed by atoms with Crippen molar-refractivity contribution >= 4 is 34.4 Å². The fraction of sp³-hybridized carbons (Fsp3) is 0.276. The van der Waals surface area contributed by atoms with E-state index < -0.39 is 5.97 Å². The molecule has 37 heavy (non-hydrogen) atoms. The Morgan fingerprint density at radius 2 is 1.84 bits per heavy atom. The van der Waals surface area contributed by atoms with E-state index in [9.17, 15) is 14.7 Å². The van der Waals surface area contributed by atoms with Crippen LogP contribution in [0.1, 0.15) is 44.9 Å². The van der Waals surface area contributed by atoms with Gasteiger partial charge in [-0.3, -0.25) is 4.79 Å². The van der Waals surface area contributed by atoms with Gasteiger partial charge in [-0.15, -0.1) is 0 Å². The van der Waals surface area contributed by atoms with Crippen LogP contribution in [0, 0.1) is 19.8 Å². The van der Waals surface area contributed by atoms with Crippen LogP contribution in [0.2, 0.25) is 0 Å². The molecule has 1 fully saturated rings. The van der Waals surface area contributed by atoms with Crippen LogP contribution in [0.3, 0.4) is 0 Å². The van der Waals surface area contributed by atoms with Gasteiger partial charge in [0, 0.05) is 29.6 Å². The number of nitrogens with zero attached hydrogens (tertiary/aromatic N) is 2. The van der Waals surface area contributed by atoms with Crippen LogP contribution in [0.25, 0.3) is 11.0 Å². The summed E-state index contributed by atoms with van der Waals surface area (Å²) in [4.78, 5) is 30.9. The number of carboxylic acid groups (broad SMARTS) is 1. The summed E-state index contributed by atoms with van der Waals surface area (Å²) in [7, 11) is 0. The molecule has 3 heterocycles. The lowest BCUT2D eigenvalue weighted by atomic mass is 9.97. The first kappa shape index (κ1) is 24.4. The average molecular weight is 500 g/mol. The number of furan rings is 1. The van der Waals surface area contributed by atoms with Gasteiger partial charge in [0.2, 0.25) is 0 Å². The van der Waals surface area contributed by atoms with E-state index in [4.69, 9.17) is 9.15 Å². The van der Waals surface area contributed by atoms with Crippen LogP contribution in [0.15, 0.2) is 65.2 Å². The van der Waals surface area contributed by atoms with Crippen molar-refractivity contribution in [2.45, 2.75) is 26.7 Å². The number of carbonyl (C=O) groups is 2. The summed E-state index contributed by atoms with van der Waals surface area (Å²) in [6.45, 7) is 5.90. The molecule has 190 valence electrons. The maximum Gasteiger partial charge on any atom is 0.336 e. The minimum atomic E-state index is -0.945. The van der Waals surface area contributed by atoms with Crippen LogP contribution in [0.5, 0.6) is 5.75 Å². The number of carboxylic acids is 1. The van der Waals surface area contributed by atoms with Crippen molar-refractivity contribution in [1.82, 2.24) is 4.98 Å². The van der Waals surface area contributed by atoms with Crippen molar-refractivity contribution in [3.63, 3.8) is 0 Å². The Hall–Kier alpha value is -4.33. The van der Waals surface area contributed by atoms with Gasteiger partial charge in [-0.05, 0) is 62.9 Å². The quantitative estimate of drug-likeness (QED) is 0.336. The predicted octanol–water partition coefficient (Wildman–Crippen LogP) is 5.69. The number of ether oxygens (including phenoxy) is 1. The Morgan fingerprint density at radius 3 is 2.54 bits per heavy atom. The molecule has 5 rings (SSSR count). The number of para-hydroxylation sites is 1. The third kappa shape index (κ3) is 5.14. The fourth-order valence-corrected chi connectivity index (χ4v) is 4.76. The monoisotopic (exact) mass is 499 g/mol. The molecule has 2 N–H and O–H groups in total. The summed E-state index contributed by atoms with van der Waals surface area (Å²) in [5.74, 6) is 0.933. The van der Waals surface area contributed by atoms with Gasteiger partial charge in [0.1, 0.15) is 17.2 Å². The Balaban J connectivity index is 1.14. The normalized spacial score (nSPS) is 14.1. The van der Waals surface area contributed by atoms with Gasteiger partial charge >= 0.3 is 5.97 Å². The number of aryl methyl sites for hydroxylation is 1. The molecule has 8 heteroatoms. The minimum Gasteiger partial charge on any atom is -0.493 e. The number of aromatic nitrogens is 1. The maximum absolute atomic E-state index is 12.8. The number of benzene rings is 2. The van der Waals surface area contributed by atoms with Crippen LogP contribution in [0.4, 0.5) is 11.5 Å². The van der Waals surface area contributed by atoms with Crippen LogP contribution < -0.4 is 15.0 Å². The number of piperidine rings is 1. The standard InChI is InChI=1S/C29H29N3O5/c1-18-23(29(34)35)7-5-9-24(18)36-17-20-12-14-32(15-13-20)26-11-10-21(16-30-26)31-28(33)27-19(2)22-6-3-4-8-25(22)37-27/h3-11,16,20H,12-15,17H2,1-2H3,(H,31,33)(H,34,35). The average Bonchev–Trinajstić information content (AvgIpc) is 3.25. The summed E-state index contributed by atoms with van der Waals surface area (Å²) in [5, 5.41) is 13.1. The molecular formula is C29H29N3O5. The lowest BCUT2D eigenvalue weighted by molar-refractivity contribution is 0.0695. The molecule has 1 aliphatic heterocycles. The van der Waals surface area contributed by atoms with Crippen LogP contribution >= 0.6 is 0 Å². The summed E-state index contributed by atoms with van der Waals surface area (Å²) in [6, 6.07) is 16.5. The summed E-state index contributed by atoms with van der Waals surface area (Å²) >= 11 is 0. The number of rotatable bonds is 7. The highest BCUT2D eigenvalue weighted by Gasteiger charge is 2.22. The molecule has 1 amide bonds. The smallest absolute Gasteiger partial charge is 0.336 e. The highest BCUT2D eigenvalue weighted by Crippen LogP contribution is 2.28. The zero-order valence-electron chi connectivity index (χ0n) is 20.9. The topological polar surface area (TPSA) is 105 Å². The van der Waals surface area contributed by atoms with E-state index in [-0.39, 0.29) is 11.5 Å². The predicted molar refractivity (Wildman–Crippen MR) is 142 cm³/mol. The number of hydrogen-bond donors (Lipinski definition) is 2. The zero-order chi connectivity index (χ0) is 25.9.